The number of carbonyl (C=O) groups excluding carboxylic acids is 1. The van der Waals surface area contributed by atoms with Crippen LogP contribution in [0.15, 0.2) is 65.0 Å². The van der Waals surface area contributed by atoms with Crippen molar-refractivity contribution in [1.82, 2.24) is 9.29 Å². The Morgan fingerprint density at radius 3 is 2.29 bits per heavy atom. The van der Waals surface area contributed by atoms with Gasteiger partial charge in [0.25, 0.3) is 10.0 Å². The largest absolute Gasteiger partial charge is 0.326 e. The van der Waals surface area contributed by atoms with Gasteiger partial charge in [0.15, 0.2) is 5.13 Å². The predicted octanol–water partition coefficient (Wildman–Crippen LogP) is 3.43. The van der Waals surface area contributed by atoms with Crippen LogP contribution in [0.1, 0.15) is 24.0 Å². The van der Waals surface area contributed by atoms with Gasteiger partial charge in [-0.3, -0.25) is 9.52 Å². The molecule has 35 heavy (non-hydrogen) atoms. The summed E-state index contributed by atoms with van der Waals surface area (Å²) < 4.78 is 54.3. The van der Waals surface area contributed by atoms with Crippen molar-refractivity contribution in [2.75, 3.05) is 23.1 Å². The minimum atomic E-state index is -3.77. The molecular formula is C23H26N4O5S3. The molecule has 2 aromatic carbocycles. The van der Waals surface area contributed by atoms with Gasteiger partial charge in [-0.2, -0.15) is 0 Å². The molecule has 9 nitrogen and oxygen atoms in total. The Morgan fingerprint density at radius 2 is 1.69 bits per heavy atom. The molecule has 4 rings (SSSR count). The Balaban J connectivity index is 1.30. The van der Waals surface area contributed by atoms with Gasteiger partial charge in [-0.15, -0.1) is 11.3 Å². The molecule has 0 radical (unpaired) electrons. The molecule has 1 aliphatic rings. The van der Waals surface area contributed by atoms with E-state index in [-0.39, 0.29) is 40.7 Å². The summed E-state index contributed by atoms with van der Waals surface area (Å²) in [6.07, 6.45) is 2.34. The highest BCUT2D eigenvalue weighted by atomic mass is 32.2. The monoisotopic (exact) mass is 534 g/mol. The molecule has 2 N–H and O–H groups in total. The van der Waals surface area contributed by atoms with E-state index in [9.17, 15) is 21.6 Å². The van der Waals surface area contributed by atoms with Crippen LogP contribution in [0.3, 0.4) is 0 Å². The maximum atomic E-state index is 12.8. The number of carbonyl (C=O) groups is 1. The van der Waals surface area contributed by atoms with Crippen LogP contribution in [0.5, 0.6) is 0 Å². The van der Waals surface area contributed by atoms with Crippen molar-refractivity contribution >= 4 is 48.1 Å². The highest BCUT2D eigenvalue weighted by Gasteiger charge is 2.31. The van der Waals surface area contributed by atoms with E-state index in [0.29, 0.717) is 18.5 Å². The number of nitrogens with zero attached hydrogens (tertiary/aromatic N) is 2. The van der Waals surface area contributed by atoms with Crippen LogP contribution in [-0.2, 0) is 30.6 Å². The van der Waals surface area contributed by atoms with Crippen LogP contribution >= 0.6 is 11.3 Å². The quantitative estimate of drug-likeness (QED) is 0.456. The second kappa shape index (κ2) is 10.4. The molecule has 0 aliphatic carbocycles. The molecule has 12 heteroatoms. The van der Waals surface area contributed by atoms with Crippen LogP contribution in [0.25, 0.3) is 0 Å². The van der Waals surface area contributed by atoms with Crippen LogP contribution < -0.4 is 10.0 Å². The summed E-state index contributed by atoms with van der Waals surface area (Å²) >= 11 is 1.17. The molecule has 1 amide bonds. The number of aryl methyl sites for hydroxylation is 1. The minimum Gasteiger partial charge on any atom is -0.326 e. The first-order chi connectivity index (χ1) is 16.6. The number of hydrogen-bond donors (Lipinski definition) is 2. The van der Waals surface area contributed by atoms with Gasteiger partial charge in [0.1, 0.15) is 0 Å². The van der Waals surface area contributed by atoms with Gasteiger partial charge in [-0.25, -0.2) is 26.1 Å². The fraction of sp³-hybridized carbons (Fsp3) is 0.304. The number of hydrogen-bond acceptors (Lipinski definition) is 7. The molecule has 2 heterocycles. The average Bonchev–Trinajstić information content (AvgIpc) is 3.33. The Morgan fingerprint density at radius 1 is 1.03 bits per heavy atom. The molecule has 0 unspecified atom stereocenters. The highest BCUT2D eigenvalue weighted by Crippen LogP contribution is 2.24. The zero-order chi connectivity index (χ0) is 25.1. The summed E-state index contributed by atoms with van der Waals surface area (Å²) in [7, 11) is -7.23. The van der Waals surface area contributed by atoms with Crippen molar-refractivity contribution in [1.29, 1.82) is 0 Å². The average molecular weight is 535 g/mol. The number of aromatic nitrogens is 1. The summed E-state index contributed by atoms with van der Waals surface area (Å²) in [6.45, 7) is 2.52. The van der Waals surface area contributed by atoms with Crippen molar-refractivity contribution in [2.24, 2.45) is 5.92 Å². The maximum Gasteiger partial charge on any atom is 0.263 e. The van der Waals surface area contributed by atoms with Crippen molar-refractivity contribution in [3.63, 3.8) is 0 Å². The van der Waals surface area contributed by atoms with Crippen molar-refractivity contribution < 1.29 is 21.6 Å². The van der Waals surface area contributed by atoms with Gasteiger partial charge in [0.2, 0.25) is 15.9 Å². The number of benzene rings is 2. The van der Waals surface area contributed by atoms with Gasteiger partial charge in [0, 0.05) is 36.3 Å². The predicted molar refractivity (Wildman–Crippen MR) is 136 cm³/mol. The van der Waals surface area contributed by atoms with Crippen LogP contribution in [0, 0.1) is 12.8 Å². The number of sulfonamides is 2. The number of piperidine rings is 1. The molecule has 0 bridgehead atoms. The fourth-order valence-corrected chi connectivity index (χ4v) is 7.14. The van der Waals surface area contributed by atoms with E-state index in [2.05, 4.69) is 15.0 Å². The molecular weight excluding hydrogens is 508 g/mol. The first-order valence-corrected chi connectivity index (χ1v) is 15.0. The van der Waals surface area contributed by atoms with E-state index in [1.54, 1.807) is 5.38 Å². The van der Waals surface area contributed by atoms with E-state index in [1.807, 2.05) is 31.2 Å². The van der Waals surface area contributed by atoms with Gasteiger partial charge >= 0.3 is 0 Å². The molecule has 1 fully saturated rings. The molecule has 1 aliphatic heterocycles. The van der Waals surface area contributed by atoms with Gasteiger partial charge < -0.3 is 5.32 Å². The second-order valence-corrected chi connectivity index (χ2v) is 12.9. The molecule has 0 saturated carbocycles. The molecule has 1 saturated heterocycles. The smallest absolute Gasteiger partial charge is 0.263 e. The summed E-state index contributed by atoms with van der Waals surface area (Å²) in [5, 5.41) is 4.74. The second-order valence-electron chi connectivity index (χ2n) is 8.37. The molecule has 0 spiro atoms. The molecule has 3 aromatic rings. The first-order valence-electron chi connectivity index (χ1n) is 11.0. The summed E-state index contributed by atoms with van der Waals surface area (Å²) in [6, 6.07) is 13.3. The lowest BCUT2D eigenvalue weighted by Gasteiger charge is -2.30. The van der Waals surface area contributed by atoms with E-state index >= 15 is 0 Å². The molecule has 1 aromatic heterocycles. The normalized spacial score (nSPS) is 15.6. The Kier molecular flexibility index (Phi) is 7.55. The third kappa shape index (κ3) is 6.45. The van der Waals surface area contributed by atoms with Crippen LogP contribution in [0.2, 0.25) is 0 Å². The van der Waals surface area contributed by atoms with Crippen LogP contribution in [0.4, 0.5) is 10.8 Å². The molecule has 0 atom stereocenters. The fourth-order valence-electron chi connectivity index (χ4n) is 3.79. The van der Waals surface area contributed by atoms with Crippen molar-refractivity contribution in [2.45, 2.75) is 30.4 Å². The van der Waals surface area contributed by atoms with Crippen molar-refractivity contribution in [3.05, 3.63) is 71.2 Å². The van der Waals surface area contributed by atoms with Crippen molar-refractivity contribution in [3.8, 4) is 0 Å². The first kappa shape index (κ1) is 25.3. The standard InChI is InChI=1S/C23H26N4O5S3/c1-17-2-4-18(5-3-17)16-34(29,30)27-13-10-19(11-14-27)22(28)25-20-6-8-21(9-7-20)35(31,32)26-23-24-12-15-33-23/h2-9,12,15,19H,10-11,13-14,16H2,1H3,(H,24,26)(H,25,28). The maximum absolute atomic E-state index is 12.8. The van der Waals surface area contributed by atoms with E-state index < -0.39 is 20.0 Å². The zero-order valence-corrected chi connectivity index (χ0v) is 21.5. The summed E-state index contributed by atoms with van der Waals surface area (Å²) in [4.78, 5) is 16.7. The third-order valence-electron chi connectivity index (χ3n) is 5.77. The number of rotatable bonds is 8. The molecule has 186 valence electrons. The number of amides is 1. The summed E-state index contributed by atoms with van der Waals surface area (Å²) in [5.41, 5.74) is 2.28. The zero-order valence-electron chi connectivity index (χ0n) is 19.0. The minimum absolute atomic E-state index is 0.0535. The SMILES string of the molecule is Cc1ccc(CS(=O)(=O)N2CCC(C(=O)Nc3ccc(S(=O)(=O)Nc4nccs4)cc3)CC2)cc1. The van der Waals surface area contributed by atoms with Crippen LogP contribution in [-0.4, -0.2) is 45.1 Å². The number of anilines is 2. The van der Waals surface area contributed by atoms with Gasteiger partial charge in [-0.05, 0) is 49.6 Å². The summed E-state index contributed by atoms with van der Waals surface area (Å²) in [5.74, 6) is -0.593. The lowest BCUT2D eigenvalue weighted by atomic mass is 9.97. The highest BCUT2D eigenvalue weighted by molar-refractivity contribution is 7.93. The Bertz CT molecular complexity index is 1360. The van der Waals surface area contributed by atoms with Gasteiger partial charge in [-0.1, -0.05) is 29.8 Å². The third-order valence-corrected chi connectivity index (χ3v) is 9.80. The number of thiazole rings is 1. The topological polar surface area (TPSA) is 126 Å². The Labute approximate surface area is 209 Å². The van der Waals surface area contributed by atoms with E-state index in [4.69, 9.17) is 0 Å². The van der Waals surface area contributed by atoms with E-state index in [1.165, 1.54) is 46.1 Å². The number of nitrogens with one attached hydrogen (secondary N) is 2. The van der Waals surface area contributed by atoms with E-state index in [0.717, 1.165) is 11.1 Å². The van der Waals surface area contributed by atoms with Gasteiger partial charge in [0.05, 0.1) is 10.6 Å². The lowest BCUT2D eigenvalue weighted by molar-refractivity contribution is -0.120. The lowest BCUT2D eigenvalue weighted by Crippen LogP contribution is -2.41. The Hall–Kier alpha value is -2.80.